The lowest BCUT2D eigenvalue weighted by Crippen LogP contribution is -2.14. The molecule has 2 rings (SSSR count). The minimum Gasteiger partial charge on any atom is -0.461 e. The number of benzene rings is 1. The van der Waals surface area contributed by atoms with Gasteiger partial charge in [-0.05, 0) is 25.5 Å². The first-order chi connectivity index (χ1) is 9.11. The van der Waals surface area contributed by atoms with Crippen molar-refractivity contribution in [1.82, 2.24) is 4.57 Å². The van der Waals surface area contributed by atoms with E-state index in [1.165, 1.54) is 5.56 Å². The number of aromatic nitrogens is 1. The van der Waals surface area contributed by atoms with E-state index in [4.69, 9.17) is 10.5 Å². The summed E-state index contributed by atoms with van der Waals surface area (Å²) in [6, 6.07) is 9.88. The molecule has 0 bridgehead atoms. The molecule has 0 fully saturated rings. The van der Waals surface area contributed by atoms with Crippen LogP contribution in [0.4, 0.5) is 5.69 Å². The van der Waals surface area contributed by atoms with Crippen LogP contribution in [0.3, 0.4) is 0 Å². The molecular weight excluding hydrogens is 240 g/mol. The van der Waals surface area contributed by atoms with Crippen molar-refractivity contribution >= 4 is 11.7 Å². The lowest BCUT2D eigenvalue weighted by Gasteiger charge is -2.10. The van der Waals surface area contributed by atoms with Crippen molar-refractivity contribution in [3.63, 3.8) is 0 Å². The number of carbonyl (C=O) groups excluding carboxylic acids is 1. The number of hydrogen-bond acceptors (Lipinski definition) is 3. The molecule has 1 aromatic carbocycles. The SMILES string of the molecule is CCOC(=O)c1c(N)ccn1Cc1cccc(C)c1. The third-order valence-corrected chi connectivity index (χ3v) is 2.90. The summed E-state index contributed by atoms with van der Waals surface area (Å²) in [5.41, 5.74) is 9.02. The molecule has 2 aromatic rings. The lowest BCUT2D eigenvalue weighted by atomic mass is 10.1. The van der Waals surface area contributed by atoms with Crippen LogP contribution in [0.2, 0.25) is 0 Å². The van der Waals surface area contributed by atoms with E-state index in [1.807, 2.05) is 35.9 Å². The van der Waals surface area contributed by atoms with Crippen molar-refractivity contribution in [2.75, 3.05) is 12.3 Å². The number of anilines is 1. The second-order valence-electron chi connectivity index (χ2n) is 4.46. The average Bonchev–Trinajstić information content (AvgIpc) is 2.71. The second-order valence-corrected chi connectivity index (χ2v) is 4.46. The van der Waals surface area contributed by atoms with Crippen molar-refractivity contribution in [2.24, 2.45) is 0 Å². The van der Waals surface area contributed by atoms with Crippen molar-refractivity contribution in [3.8, 4) is 0 Å². The Labute approximate surface area is 112 Å². The zero-order valence-corrected chi connectivity index (χ0v) is 11.2. The number of rotatable bonds is 4. The molecule has 2 N–H and O–H groups in total. The van der Waals surface area contributed by atoms with Crippen molar-refractivity contribution in [2.45, 2.75) is 20.4 Å². The molecule has 19 heavy (non-hydrogen) atoms. The maximum Gasteiger partial charge on any atom is 0.357 e. The van der Waals surface area contributed by atoms with Gasteiger partial charge in [0.1, 0.15) is 0 Å². The molecule has 100 valence electrons. The van der Waals surface area contributed by atoms with Crippen LogP contribution in [0.25, 0.3) is 0 Å². The number of aryl methyl sites for hydroxylation is 1. The summed E-state index contributed by atoms with van der Waals surface area (Å²) in [5.74, 6) is -0.377. The van der Waals surface area contributed by atoms with E-state index in [2.05, 4.69) is 6.07 Å². The van der Waals surface area contributed by atoms with Gasteiger partial charge < -0.3 is 15.0 Å². The molecule has 0 aliphatic carbocycles. The Kier molecular flexibility index (Phi) is 3.90. The average molecular weight is 258 g/mol. The smallest absolute Gasteiger partial charge is 0.357 e. The molecule has 1 aromatic heterocycles. The Morgan fingerprint density at radius 1 is 1.37 bits per heavy atom. The predicted molar refractivity (Wildman–Crippen MR) is 75.1 cm³/mol. The molecule has 0 unspecified atom stereocenters. The normalized spacial score (nSPS) is 10.4. The molecule has 0 spiro atoms. The third kappa shape index (κ3) is 2.96. The van der Waals surface area contributed by atoms with Gasteiger partial charge in [0.25, 0.3) is 0 Å². The fourth-order valence-electron chi connectivity index (χ4n) is 2.06. The molecule has 0 radical (unpaired) electrons. The first-order valence-corrected chi connectivity index (χ1v) is 6.29. The van der Waals surface area contributed by atoms with Crippen LogP contribution >= 0.6 is 0 Å². The van der Waals surface area contributed by atoms with E-state index >= 15 is 0 Å². The first kappa shape index (κ1) is 13.2. The molecule has 4 heteroatoms. The Bertz CT molecular complexity index is 588. The standard InChI is InChI=1S/C15H18N2O2/c1-3-19-15(18)14-13(16)7-8-17(14)10-12-6-4-5-11(2)9-12/h4-9H,3,10,16H2,1-2H3. The number of nitrogens with two attached hydrogens (primary N) is 1. The third-order valence-electron chi connectivity index (χ3n) is 2.90. The molecule has 0 saturated carbocycles. The highest BCUT2D eigenvalue weighted by molar-refractivity contribution is 5.93. The summed E-state index contributed by atoms with van der Waals surface area (Å²) in [6.45, 7) is 4.77. The van der Waals surface area contributed by atoms with E-state index in [1.54, 1.807) is 13.0 Å². The number of esters is 1. The highest BCUT2D eigenvalue weighted by Gasteiger charge is 2.16. The highest BCUT2D eigenvalue weighted by Crippen LogP contribution is 2.17. The van der Waals surface area contributed by atoms with Gasteiger partial charge in [0.2, 0.25) is 0 Å². The fourth-order valence-corrected chi connectivity index (χ4v) is 2.06. The largest absolute Gasteiger partial charge is 0.461 e. The van der Waals surface area contributed by atoms with E-state index in [0.717, 1.165) is 5.56 Å². The number of ether oxygens (including phenoxy) is 1. The van der Waals surface area contributed by atoms with Gasteiger partial charge in [-0.2, -0.15) is 0 Å². The van der Waals surface area contributed by atoms with Gasteiger partial charge in [-0.3, -0.25) is 0 Å². The topological polar surface area (TPSA) is 57.2 Å². The quantitative estimate of drug-likeness (QED) is 0.858. The zero-order chi connectivity index (χ0) is 13.8. The van der Waals surface area contributed by atoms with Gasteiger partial charge in [0.05, 0.1) is 12.3 Å². The number of hydrogen-bond donors (Lipinski definition) is 1. The first-order valence-electron chi connectivity index (χ1n) is 6.29. The minimum absolute atomic E-state index is 0.341. The monoisotopic (exact) mass is 258 g/mol. The van der Waals surface area contributed by atoms with Gasteiger partial charge in [0.15, 0.2) is 5.69 Å². The zero-order valence-electron chi connectivity index (χ0n) is 11.2. The van der Waals surface area contributed by atoms with Crippen LogP contribution in [0.15, 0.2) is 36.5 Å². The maximum absolute atomic E-state index is 11.9. The van der Waals surface area contributed by atoms with E-state index in [-0.39, 0.29) is 5.97 Å². The second kappa shape index (κ2) is 5.61. The van der Waals surface area contributed by atoms with Gasteiger partial charge in [0, 0.05) is 12.7 Å². The molecule has 1 heterocycles. The Balaban J connectivity index is 2.28. The molecule has 0 aliphatic heterocycles. The van der Waals surface area contributed by atoms with Gasteiger partial charge in [-0.15, -0.1) is 0 Å². The molecule has 0 amide bonds. The summed E-state index contributed by atoms with van der Waals surface area (Å²) in [6.07, 6.45) is 1.81. The van der Waals surface area contributed by atoms with Gasteiger partial charge >= 0.3 is 5.97 Å². The molecule has 0 saturated heterocycles. The summed E-state index contributed by atoms with van der Waals surface area (Å²) in [4.78, 5) is 11.9. The minimum atomic E-state index is -0.377. The van der Waals surface area contributed by atoms with Gasteiger partial charge in [-0.25, -0.2) is 4.79 Å². The summed E-state index contributed by atoms with van der Waals surface area (Å²) < 4.78 is 6.85. The van der Waals surface area contributed by atoms with Crippen LogP contribution < -0.4 is 5.73 Å². The molecular formula is C15H18N2O2. The Hall–Kier alpha value is -2.23. The maximum atomic E-state index is 11.9. The van der Waals surface area contributed by atoms with Crippen molar-refractivity contribution < 1.29 is 9.53 Å². The van der Waals surface area contributed by atoms with Gasteiger partial charge in [-0.1, -0.05) is 29.8 Å². The summed E-state index contributed by atoms with van der Waals surface area (Å²) in [5, 5.41) is 0. The van der Waals surface area contributed by atoms with Crippen molar-refractivity contribution in [3.05, 3.63) is 53.3 Å². The van der Waals surface area contributed by atoms with Crippen LogP contribution in [0.1, 0.15) is 28.5 Å². The summed E-state index contributed by atoms with van der Waals surface area (Å²) >= 11 is 0. The highest BCUT2D eigenvalue weighted by atomic mass is 16.5. The predicted octanol–water partition coefficient (Wildman–Crippen LogP) is 2.60. The van der Waals surface area contributed by atoms with E-state index in [9.17, 15) is 4.79 Å². The number of nitrogen functional groups attached to an aromatic ring is 1. The number of nitrogens with zero attached hydrogens (tertiary/aromatic N) is 1. The number of carbonyl (C=O) groups is 1. The Morgan fingerprint density at radius 3 is 2.84 bits per heavy atom. The van der Waals surface area contributed by atoms with E-state index < -0.39 is 0 Å². The fraction of sp³-hybridized carbons (Fsp3) is 0.267. The molecule has 0 aliphatic rings. The lowest BCUT2D eigenvalue weighted by molar-refractivity contribution is 0.0516. The van der Waals surface area contributed by atoms with E-state index in [0.29, 0.717) is 24.5 Å². The van der Waals surface area contributed by atoms with Crippen molar-refractivity contribution in [1.29, 1.82) is 0 Å². The van der Waals surface area contributed by atoms with Crippen LogP contribution in [-0.2, 0) is 11.3 Å². The van der Waals surface area contributed by atoms with Crippen LogP contribution in [-0.4, -0.2) is 17.1 Å². The van der Waals surface area contributed by atoms with Crippen LogP contribution in [0, 0.1) is 6.92 Å². The molecule has 4 nitrogen and oxygen atoms in total. The molecule has 0 atom stereocenters. The summed E-state index contributed by atoms with van der Waals surface area (Å²) in [7, 11) is 0. The Morgan fingerprint density at radius 2 is 2.16 bits per heavy atom. The van der Waals surface area contributed by atoms with Crippen LogP contribution in [0.5, 0.6) is 0 Å².